The number of hydrogen-bond acceptors (Lipinski definition) is 4. The van der Waals surface area contributed by atoms with Crippen molar-refractivity contribution >= 4 is 29.1 Å². The molecule has 2 rings (SSSR count). The fourth-order valence-corrected chi connectivity index (χ4v) is 1.97. The molecule has 0 saturated heterocycles. The van der Waals surface area contributed by atoms with Crippen LogP contribution in [0.2, 0.25) is 10.3 Å². The van der Waals surface area contributed by atoms with E-state index in [0.717, 1.165) is 0 Å². The van der Waals surface area contributed by atoms with Crippen LogP contribution in [0.25, 0.3) is 0 Å². The van der Waals surface area contributed by atoms with Crippen molar-refractivity contribution in [2.75, 3.05) is 0 Å². The van der Waals surface area contributed by atoms with Gasteiger partial charge in [0, 0.05) is 5.56 Å². The van der Waals surface area contributed by atoms with Crippen molar-refractivity contribution < 1.29 is 9.21 Å². The minimum atomic E-state index is -0.355. The van der Waals surface area contributed by atoms with Crippen molar-refractivity contribution in [3.8, 4) is 0 Å². The molecule has 0 fully saturated rings. The van der Waals surface area contributed by atoms with Crippen molar-refractivity contribution in [2.24, 2.45) is 0 Å². The number of carbonyl (C=O) groups excluding carboxylic acids is 1. The van der Waals surface area contributed by atoms with E-state index >= 15 is 0 Å². The van der Waals surface area contributed by atoms with E-state index in [1.165, 1.54) is 12.1 Å². The lowest BCUT2D eigenvalue weighted by Crippen LogP contribution is -2.26. The largest absolute Gasteiger partial charge is 0.444 e. The van der Waals surface area contributed by atoms with Gasteiger partial charge in [0.15, 0.2) is 0 Å². The van der Waals surface area contributed by atoms with Gasteiger partial charge < -0.3 is 9.73 Å². The molecule has 7 heteroatoms. The van der Waals surface area contributed by atoms with Crippen LogP contribution >= 0.6 is 23.2 Å². The van der Waals surface area contributed by atoms with Crippen LogP contribution < -0.4 is 5.32 Å². The first-order valence-corrected chi connectivity index (χ1v) is 6.27. The van der Waals surface area contributed by atoms with E-state index in [-0.39, 0.29) is 22.3 Å². The molecule has 2 aromatic rings. The molecule has 2 heterocycles. The molecule has 0 aromatic carbocycles. The summed E-state index contributed by atoms with van der Waals surface area (Å²) >= 11 is 11.5. The van der Waals surface area contributed by atoms with Crippen molar-refractivity contribution in [1.29, 1.82) is 0 Å². The molecule has 0 radical (unpaired) electrons. The lowest BCUT2D eigenvalue weighted by molar-refractivity contribution is 0.0934. The van der Waals surface area contributed by atoms with Crippen LogP contribution in [0.4, 0.5) is 0 Å². The molecule has 19 heavy (non-hydrogen) atoms. The van der Waals surface area contributed by atoms with Gasteiger partial charge in [0.1, 0.15) is 22.1 Å². The minimum Gasteiger partial charge on any atom is -0.444 e. The van der Waals surface area contributed by atoms with Crippen molar-refractivity contribution in [3.63, 3.8) is 0 Å². The zero-order chi connectivity index (χ0) is 14.0. The fourth-order valence-electron chi connectivity index (χ4n) is 1.51. The fraction of sp³-hybridized carbons (Fsp3) is 0.250. The summed E-state index contributed by atoms with van der Waals surface area (Å²) in [6, 6.07) is 2.53. The van der Waals surface area contributed by atoms with Gasteiger partial charge in [-0.05, 0) is 26.0 Å². The highest BCUT2D eigenvalue weighted by atomic mass is 35.5. The topological polar surface area (TPSA) is 68.0 Å². The molecule has 1 unspecified atom stereocenters. The van der Waals surface area contributed by atoms with E-state index in [4.69, 9.17) is 27.6 Å². The zero-order valence-corrected chi connectivity index (χ0v) is 11.8. The van der Waals surface area contributed by atoms with E-state index in [2.05, 4.69) is 15.3 Å². The van der Waals surface area contributed by atoms with Gasteiger partial charge in [0.2, 0.25) is 5.89 Å². The van der Waals surface area contributed by atoms with Crippen LogP contribution in [0.5, 0.6) is 0 Å². The number of nitrogens with zero attached hydrogens (tertiary/aromatic N) is 2. The number of aromatic nitrogens is 2. The SMILES string of the molecule is Cc1cnc(C(C)NC(=O)c2cc(Cl)nc(Cl)c2)o1. The maximum Gasteiger partial charge on any atom is 0.252 e. The first-order valence-electron chi connectivity index (χ1n) is 5.52. The summed E-state index contributed by atoms with van der Waals surface area (Å²) in [5, 5.41) is 3.07. The van der Waals surface area contributed by atoms with Gasteiger partial charge in [-0.1, -0.05) is 23.2 Å². The number of halogens is 2. The van der Waals surface area contributed by atoms with E-state index in [9.17, 15) is 4.79 Å². The molecule has 0 aliphatic carbocycles. The third kappa shape index (κ3) is 3.45. The molecule has 1 amide bonds. The third-order valence-electron chi connectivity index (χ3n) is 2.38. The lowest BCUT2D eigenvalue weighted by atomic mass is 10.2. The van der Waals surface area contributed by atoms with Gasteiger partial charge in [0.25, 0.3) is 5.91 Å². The Kier molecular flexibility index (Phi) is 4.07. The summed E-state index contributed by atoms with van der Waals surface area (Å²) in [5.41, 5.74) is 0.333. The molecule has 0 saturated carbocycles. The number of rotatable bonds is 3. The number of aryl methyl sites for hydroxylation is 1. The summed E-state index contributed by atoms with van der Waals surface area (Å²) in [7, 11) is 0. The van der Waals surface area contributed by atoms with Crippen molar-refractivity contribution in [2.45, 2.75) is 19.9 Å². The van der Waals surface area contributed by atoms with Gasteiger partial charge in [-0.3, -0.25) is 4.79 Å². The van der Waals surface area contributed by atoms with Crippen LogP contribution in [0.3, 0.4) is 0 Å². The maximum atomic E-state index is 12.0. The molecular formula is C12H11Cl2N3O2. The third-order valence-corrected chi connectivity index (χ3v) is 2.77. The second-order valence-electron chi connectivity index (χ2n) is 4.01. The number of pyridine rings is 1. The van der Waals surface area contributed by atoms with Gasteiger partial charge in [-0.15, -0.1) is 0 Å². The van der Waals surface area contributed by atoms with E-state index in [0.29, 0.717) is 17.2 Å². The molecule has 100 valence electrons. The summed E-state index contributed by atoms with van der Waals surface area (Å²) < 4.78 is 5.34. The first kappa shape index (κ1) is 13.8. The van der Waals surface area contributed by atoms with Gasteiger partial charge >= 0.3 is 0 Å². The summed E-state index contributed by atoms with van der Waals surface area (Å²) in [6.45, 7) is 3.56. The molecular weight excluding hydrogens is 289 g/mol. The lowest BCUT2D eigenvalue weighted by Gasteiger charge is -2.10. The van der Waals surface area contributed by atoms with Crippen LogP contribution in [-0.4, -0.2) is 15.9 Å². The predicted molar refractivity (Wildman–Crippen MR) is 71.4 cm³/mol. The Bertz CT molecular complexity index is 593. The molecule has 2 aromatic heterocycles. The number of oxazole rings is 1. The van der Waals surface area contributed by atoms with Crippen LogP contribution in [0, 0.1) is 6.92 Å². The monoisotopic (exact) mass is 299 g/mol. The number of amides is 1. The maximum absolute atomic E-state index is 12.0. The summed E-state index contributed by atoms with van der Waals surface area (Å²) in [4.78, 5) is 19.8. The number of hydrogen-bond donors (Lipinski definition) is 1. The van der Waals surface area contributed by atoms with Gasteiger partial charge in [0.05, 0.1) is 6.20 Å². The highest BCUT2D eigenvalue weighted by Gasteiger charge is 2.16. The average Bonchev–Trinajstić information content (AvgIpc) is 2.74. The second kappa shape index (κ2) is 5.59. The minimum absolute atomic E-state index is 0.164. The molecule has 0 spiro atoms. The van der Waals surface area contributed by atoms with E-state index < -0.39 is 0 Å². The van der Waals surface area contributed by atoms with Gasteiger partial charge in [-0.2, -0.15) is 0 Å². The molecule has 1 atom stereocenters. The number of carbonyl (C=O) groups is 1. The number of nitrogens with one attached hydrogen (secondary N) is 1. The van der Waals surface area contributed by atoms with Crippen LogP contribution in [0.1, 0.15) is 35.0 Å². The summed E-state index contributed by atoms with van der Waals surface area (Å²) in [6.07, 6.45) is 1.60. The smallest absolute Gasteiger partial charge is 0.252 e. The van der Waals surface area contributed by atoms with E-state index in [1.807, 2.05) is 0 Å². The van der Waals surface area contributed by atoms with Crippen LogP contribution in [0.15, 0.2) is 22.7 Å². The highest BCUT2D eigenvalue weighted by molar-refractivity contribution is 6.33. The first-order chi connectivity index (χ1) is 8.95. The van der Waals surface area contributed by atoms with Crippen molar-refractivity contribution in [1.82, 2.24) is 15.3 Å². The zero-order valence-electron chi connectivity index (χ0n) is 10.3. The Labute approximate surface area is 119 Å². The van der Waals surface area contributed by atoms with Crippen molar-refractivity contribution in [3.05, 3.63) is 45.9 Å². The van der Waals surface area contributed by atoms with Crippen LogP contribution in [-0.2, 0) is 0 Å². The average molecular weight is 300 g/mol. The quantitative estimate of drug-likeness (QED) is 0.884. The standard InChI is InChI=1S/C12H11Cl2N3O2/c1-6-5-15-12(19-6)7(2)16-11(18)8-3-9(13)17-10(14)4-8/h3-5,7H,1-2H3,(H,16,18). The Morgan fingerprint density at radius 1 is 1.37 bits per heavy atom. The highest BCUT2D eigenvalue weighted by Crippen LogP contribution is 2.17. The molecule has 1 N–H and O–H groups in total. The molecule has 0 aliphatic rings. The Balaban J connectivity index is 2.12. The van der Waals surface area contributed by atoms with Gasteiger partial charge in [-0.25, -0.2) is 9.97 Å². The molecule has 5 nitrogen and oxygen atoms in total. The van der Waals surface area contributed by atoms with E-state index in [1.54, 1.807) is 20.0 Å². The summed E-state index contributed by atoms with van der Waals surface area (Å²) in [5.74, 6) is 0.803. The Morgan fingerprint density at radius 3 is 2.53 bits per heavy atom. The Morgan fingerprint density at radius 2 is 2.00 bits per heavy atom. The normalized spacial score (nSPS) is 12.2. The molecule has 0 bridgehead atoms. The molecule has 0 aliphatic heterocycles. The second-order valence-corrected chi connectivity index (χ2v) is 4.78. The Hall–Kier alpha value is -1.59. The predicted octanol–water partition coefficient (Wildman–Crippen LogP) is 3.18.